The third-order valence-electron chi connectivity index (χ3n) is 2.66. The van der Waals surface area contributed by atoms with Gasteiger partial charge < -0.3 is 10.1 Å². The van der Waals surface area contributed by atoms with Crippen LogP contribution in [-0.2, 0) is 14.3 Å². The van der Waals surface area contributed by atoms with Crippen molar-refractivity contribution < 1.29 is 23.5 Å². The highest BCUT2D eigenvalue weighted by Crippen LogP contribution is 2.28. The Kier molecular flexibility index (Phi) is 4.79. The Bertz CT molecular complexity index is 564. The summed E-state index contributed by atoms with van der Waals surface area (Å²) in [6, 6.07) is 5.40. The van der Waals surface area contributed by atoms with Crippen LogP contribution in [0.5, 0.6) is 0 Å². The highest BCUT2D eigenvalue weighted by molar-refractivity contribution is 8.15. The third kappa shape index (κ3) is 3.72. The molecular formula is C13H13FN2O4S. The Balaban J connectivity index is 2.00. The summed E-state index contributed by atoms with van der Waals surface area (Å²) < 4.78 is 17.5. The first-order valence-corrected chi connectivity index (χ1v) is 7.09. The van der Waals surface area contributed by atoms with Crippen LogP contribution in [0, 0.1) is 5.82 Å². The second kappa shape index (κ2) is 6.57. The molecule has 0 spiro atoms. The summed E-state index contributed by atoms with van der Waals surface area (Å²) in [4.78, 5) is 36.0. The molecule has 1 aliphatic rings. The molecule has 1 fully saturated rings. The van der Waals surface area contributed by atoms with Crippen molar-refractivity contribution in [2.24, 2.45) is 0 Å². The summed E-state index contributed by atoms with van der Waals surface area (Å²) in [5.74, 6) is -1.56. The number of benzene rings is 1. The van der Waals surface area contributed by atoms with E-state index in [2.05, 4.69) is 5.32 Å². The van der Waals surface area contributed by atoms with E-state index in [4.69, 9.17) is 4.74 Å². The zero-order chi connectivity index (χ0) is 15.4. The number of carbonyl (C=O) groups is 3. The van der Waals surface area contributed by atoms with Crippen molar-refractivity contribution in [2.75, 3.05) is 18.5 Å². The number of hydrogen-bond donors (Lipinski definition) is 1. The molecule has 6 nitrogen and oxygen atoms in total. The van der Waals surface area contributed by atoms with Crippen LogP contribution in [-0.4, -0.2) is 40.5 Å². The SMILES string of the molecule is CCOC(=O)CN1C(=O)S[C@H](Nc2ccc(F)cc2)C1=O. The van der Waals surface area contributed by atoms with E-state index in [1.165, 1.54) is 24.3 Å². The maximum atomic E-state index is 12.8. The first-order chi connectivity index (χ1) is 10.0. The van der Waals surface area contributed by atoms with Crippen LogP contribution in [0.15, 0.2) is 24.3 Å². The molecule has 2 rings (SSSR count). The van der Waals surface area contributed by atoms with E-state index in [1.54, 1.807) is 6.92 Å². The molecule has 1 saturated heterocycles. The number of carbonyl (C=O) groups excluding carboxylic acids is 3. The van der Waals surface area contributed by atoms with Crippen LogP contribution in [0.4, 0.5) is 14.9 Å². The molecule has 21 heavy (non-hydrogen) atoms. The first kappa shape index (κ1) is 15.3. The zero-order valence-electron chi connectivity index (χ0n) is 11.2. The predicted octanol–water partition coefficient (Wildman–Crippen LogP) is 1.82. The van der Waals surface area contributed by atoms with Gasteiger partial charge >= 0.3 is 5.97 Å². The maximum Gasteiger partial charge on any atom is 0.326 e. The van der Waals surface area contributed by atoms with Crippen molar-refractivity contribution in [1.29, 1.82) is 0 Å². The summed E-state index contributed by atoms with van der Waals surface area (Å²) >= 11 is 0.766. The molecule has 112 valence electrons. The fraction of sp³-hybridized carbons (Fsp3) is 0.308. The van der Waals surface area contributed by atoms with Gasteiger partial charge in [-0.25, -0.2) is 4.39 Å². The average molecular weight is 312 g/mol. The second-order valence-electron chi connectivity index (χ2n) is 4.14. The van der Waals surface area contributed by atoms with Gasteiger partial charge in [-0.2, -0.15) is 0 Å². The number of anilines is 1. The number of esters is 1. The van der Waals surface area contributed by atoms with Gasteiger partial charge in [0, 0.05) is 5.69 Å². The van der Waals surface area contributed by atoms with Crippen molar-refractivity contribution in [2.45, 2.75) is 12.3 Å². The smallest absolute Gasteiger partial charge is 0.326 e. The number of nitrogens with zero attached hydrogens (tertiary/aromatic N) is 1. The van der Waals surface area contributed by atoms with E-state index in [-0.39, 0.29) is 6.61 Å². The number of imide groups is 1. The second-order valence-corrected chi connectivity index (χ2v) is 5.20. The number of rotatable bonds is 5. The predicted molar refractivity (Wildman–Crippen MR) is 75.1 cm³/mol. The van der Waals surface area contributed by atoms with Crippen LogP contribution in [0.1, 0.15) is 6.92 Å². The fourth-order valence-electron chi connectivity index (χ4n) is 1.71. The molecule has 1 heterocycles. The summed E-state index contributed by atoms with van der Waals surface area (Å²) in [6.07, 6.45) is 0. The average Bonchev–Trinajstić information content (AvgIpc) is 2.69. The lowest BCUT2D eigenvalue weighted by Gasteiger charge is -2.14. The summed E-state index contributed by atoms with van der Waals surface area (Å²) in [7, 11) is 0. The lowest BCUT2D eigenvalue weighted by molar-refractivity contribution is -0.146. The molecule has 1 N–H and O–H groups in total. The van der Waals surface area contributed by atoms with E-state index < -0.39 is 34.9 Å². The minimum absolute atomic E-state index is 0.180. The van der Waals surface area contributed by atoms with Crippen molar-refractivity contribution >= 4 is 34.6 Å². The van der Waals surface area contributed by atoms with E-state index in [0.717, 1.165) is 16.7 Å². The van der Waals surface area contributed by atoms with E-state index in [0.29, 0.717) is 5.69 Å². The van der Waals surface area contributed by atoms with Gasteiger partial charge in [-0.05, 0) is 43.0 Å². The van der Waals surface area contributed by atoms with Crippen molar-refractivity contribution in [3.63, 3.8) is 0 Å². The van der Waals surface area contributed by atoms with Gasteiger partial charge in [0.15, 0.2) is 5.37 Å². The monoisotopic (exact) mass is 312 g/mol. The molecular weight excluding hydrogens is 299 g/mol. The Hall–Kier alpha value is -2.09. The molecule has 8 heteroatoms. The lowest BCUT2D eigenvalue weighted by atomic mass is 10.3. The van der Waals surface area contributed by atoms with E-state index in [1.807, 2.05) is 0 Å². The molecule has 1 aromatic rings. The fourth-order valence-corrected chi connectivity index (χ4v) is 2.62. The summed E-state index contributed by atoms with van der Waals surface area (Å²) in [5, 5.41) is 1.46. The molecule has 1 aromatic carbocycles. The maximum absolute atomic E-state index is 12.8. The molecule has 0 unspecified atom stereocenters. The van der Waals surface area contributed by atoms with Crippen molar-refractivity contribution in [3.8, 4) is 0 Å². The molecule has 2 amide bonds. The van der Waals surface area contributed by atoms with Crippen LogP contribution in [0.25, 0.3) is 0 Å². The lowest BCUT2D eigenvalue weighted by Crippen LogP contribution is -2.38. The first-order valence-electron chi connectivity index (χ1n) is 6.21. The van der Waals surface area contributed by atoms with Gasteiger partial charge in [0.2, 0.25) is 0 Å². The minimum atomic E-state index is -0.836. The number of amides is 2. The minimum Gasteiger partial charge on any atom is -0.465 e. The number of thioether (sulfide) groups is 1. The third-order valence-corrected chi connectivity index (χ3v) is 3.64. The highest BCUT2D eigenvalue weighted by atomic mass is 32.2. The topological polar surface area (TPSA) is 75.7 Å². The molecule has 0 aromatic heterocycles. The van der Waals surface area contributed by atoms with Gasteiger partial charge in [-0.3, -0.25) is 19.3 Å². The number of nitrogens with one attached hydrogen (secondary N) is 1. The van der Waals surface area contributed by atoms with Crippen molar-refractivity contribution in [1.82, 2.24) is 4.90 Å². The van der Waals surface area contributed by atoms with Crippen molar-refractivity contribution in [3.05, 3.63) is 30.1 Å². The molecule has 0 bridgehead atoms. The molecule has 0 aliphatic carbocycles. The summed E-state index contributed by atoms with van der Waals surface area (Å²) in [5.41, 5.74) is 0.507. The van der Waals surface area contributed by atoms with Gasteiger partial charge in [-0.15, -0.1) is 0 Å². The van der Waals surface area contributed by atoms with E-state index >= 15 is 0 Å². The molecule has 1 atom stereocenters. The molecule has 1 aliphatic heterocycles. The number of hydrogen-bond acceptors (Lipinski definition) is 6. The standard InChI is InChI=1S/C13H13FN2O4S/c1-2-20-10(17)7-16-12(18)11(21-13(16)19)15-9-5-3-8(14)4-6-9/h3-6,11,15H,2,7H2,1H3/t11-/m0/s1. The Labute approximate surface area is 124 Å². The van der Waals surface area contributed by atoms with Gasteiger partial charge in [-0.1, -0.05) is 0 Å². The Morgan fingerprint density at radius 2 is 2.05 bits per heavy atom. The normalized spacial score (nSPS) is 18.0. The summed E-state index contributed by atoms with van der Waals surface area (Å²) in [6.45, 7) is 1.42. The van der Waals surface area contributed by atoms with Crippen LogP contribution >= 0.6 is 11.8 Å². The highest BCUT2D eigenvalue weighted by Gasteiger charge is 2.40. The van der Waals surface area contributed by atoms with Gasteiger partial charge in [0.1, 0.15) is 12.4 Å². The van der Waals surface area contributed by atoms with Gasteiger partial charge in [0.25, 0.3) is 11.1 Å². The largest absolute Gasteiger partial charge is 0.465 e. The quantitative estimate of drug-likeness (QED) is 0.836. The Morgan fingerprint density at radius 1 is 1.38 bits per heavy atom. The number of ether oxygens (including phenoxy) is 1. The van der Waals surface area contributed by atoms with Crippen LogP contribution in [0.3, 0.4) is 0 Å². The van der Waals surface area contributed by atoms with Crippen LogP contribution in [0.2, 0.25) is 0 Å². The molecule has 0 saturated carbocycles. The molecule has 0 radical (unpaired) electrons. The number of halogens is 1. The zero-order valence-corrected chi connectivity index (χ0v) is 12.0. The van der Waals surface area contributed by atoms with Crippen LogP contribution < -0.4 is 5.32 Å². The Morgan fingerprint density at radius 3 is 2.67 bits per heavy atom. The van der Waals surface area contributed by atoms with E-state index in [9.17, 15) is 18.8 Å². The van der Waals surface area contributed by atoms with Gasteiger partial charge in [0.05, 0.1) is 6.61 Å².